The first kappa shape index (κ1) is 12.4. The van der Waals surface area contributed by atoms with Crippen LogP contribution in [0.5, 0.6) is 0 Å². The zero-order valence-electron chi connectivity index (χ0n) is 7.99. The average molecular weight is 296 g/mol. The third kappa shape index (κ3) is 5.10. The fourth-order valence-electron chi connectivity index (χ4n) is 1.13. The van der Waals surface area contributed by atoms with Gasteiger partial charge in [0.25, 0.3) is 0 Å². The topological polar surface area (TPSA) is 0 Å². The largest absolute Gasteiger partial charge is 0.235 e. The van der Waals surface area contributed by atoms with Crippen molar-refractivity contribution in [2.75, 3.05) is 20.0 Å². The lowest BCUT2D eigenvalue weighted by atomic mass is 10.2. The number of benzene rings is 1. The number of hydrogen-bond donors (Lipinski definition) is 0. The summed E-state index contributed by atoms with van der Waals surface area (Å²) < 4.78 is 0. The van der Waals surface area contributed by atoms with Gasteiger partial charge in [0.1, 0.15) is 0 Å². The van der Waals surface area contributed by atoms with Crippen molar-refractivity contribution in [2.45, 2.75) is 6.16 Å². The average Bonchev–Trinajstić information content (AvgIpc) is 1.85. The molecule has 1 aromatic carbocycles. The molecule has 0 saturated carbocycles. The maximum atomic E-state index is 2.38. The smallest absolute Gasteiger partial charge is 0.0622 e. The van der Waals surface area contributed by atoms with Crippen LogP contribution in [0, 0.1) is 0 Å². The Labute approximate surface area is 93.1 Å². The van der Waals surface area contributed by atoms with E-state index in [0.29, 0.717) is 0 Å². The summed E-state index contributed by atoms with van der Waals surface area (Å²) in [4.78, 5) is 0. The molecule has 0 aliphatic carbocycles. The Kier molecular flexibility index (Phi) is 5.35. The van der Waals surface area contributed by atoms with Crippen molar-refractivity contribution in [1.82, 2.24) is 0 Å². The minimum absolute atomic E-state index is 0. The molecule has 0 bridgehead atoms. The van der Waals surface area contributed by atoms with Crippen LogP contribution >= 0.6 is 7.26 Å². The van der Waals surface area contributed by atoms with E-state index in [1.807, 2.05) is 0 Å². The van der Waals surface area contributed by atoms with Gasteiger partial charge in [-0.1, -0.05) is 30.3 Å². The first-order valence-corrected chi connectivity index (χ1v) is 7.24. The molecule has 0 N–H and O–H groups in total. The van der Waals surface area contributed by atoms with E-state index in [4.69, 9.17) is 0 Å². The molecule has 0 aromatic heterocycles. The summed E-state index contributed by atoms with van der Waals surface area (Å²) >= 11 is 0. The zero-order chi connectivity index (χ0) is 8.32. The Hall–Kier alpha value is 0.380. The number of rotatable bonds is 2. The summed E-state index contributed by atoms with van der Waals surface area (Å²) in [6, 6.07) is 10.7. The number of halogens is 1. The molecule has 12 heavy (non-hydrogen) atoms. The van der Waals surface area contributed by atoms with Crippen LogP contribution in [-0.4, -0.2) is 20.0 Å². The molecule has 0 spiro atoms. The van der Waals surface area contributed by atoms with Crippen molar-refractivity contribution in [3.63, 3.8) is 0 Å². The molecule has 1 aromatic rings. The van der Waals surface area contributed by atoms with Crippen molar-refractivity contribution in [1.29, 1.82) is 0 Å². The van der Waals surface area contributed by atoms with Gasteiger partial charge in [-0.15, -0.1) is 0 Å². The molecule has 0 atom stereocenters. The van der Waals surface area contributed by atoms with Crippen LogP contribution < -0.4 is 24.0 Å². The van der Waals surface area contributed by atoms with Gasteiger partial charge in [-0.3, -0.25) is 0 Å². The van der Waals surface area contributed by atoms with Crippen LogP contribution in [0.25, 0.3) is 0 Å². The molecule has 0 amide bonds. The Balaban J connectivity index is 0.00000121. The quantitative estimate of drug-likeness (QED) is 0.513. The van der Waals surface area contributed by atoms with Crippen LogP contribution in [-0.2, 0) is 6.16 Å². The summed E-state index contributed by atoms with van der Waals surface area (Å²) in [7, 11) is -0.638. The third-order valence-corrected chi connectivity index (χ3v) is 2.81. The summed E-state index contributed by atoms with van der Waals surface area (Å²) in [6.45, 7) is 7.12. The van der Waals surface area contributed by atoms with Gasteiger partial charge in [-0.25, -0.2) is 0 Å². The minimum Gasteiger partial charge on any atom is -0.0622 e. The van der Waals surface area contributed by atoms with Gasteiger partial charge in [0, 0.05) is 27.3 Å². The van der Waals surface area contributed by atoms with Crippen molar-refractivity contribution in [2.24, 2.45) is 0 Å². The summed E-state index contributed by atoms with van der Waals surface area (Å²) in [5.41, 5.74) is 1.48. The predicted octanol–water partition coefficient (Wildman–Crippen LogP) is -0.438. The third-order valence-electron chi connectivity index (χ3n) is 1.50. The van der Waals surface area contributed by atoms with Gasteiger partial charge >= 0.3 is 0 Å². The van der Waals surface area contributed by atoms with Gasteiger partial charge < -0.3 is 0 Å². The van der Waals surface area contributed by atoms with E-state index in [2.05, 4.69) is 50.3 Å². The fraction of sp³-hybridized carbons (Fsp3) is 0.400. The highest BCUT2D eigenvalue weighted by atomic mass is 127. The van der Waals surface area contributed by atoms with Crippen LogP contribution in [0.15, 0.2) is 30.3 Å². The summed E-state index contributed by atoms with van der Waals surface area (Å²) in [6.07, 6.45) is 1.27. The molecule has 2 heteroatoms. The summed E-state index contributed by atoms with van der Waals surface area (Å²) in [5.74, 6) is 0. The first-order valence-electron chi connectivity index (χ1n) is 3.92. The second kappa shape index (κ2) is 5.18. The Morgan fingerprint density at radius 1 is 1.00 bits per heavy atom. The molecule has 0 unspecified atom stereocenters. The first-order chi connectivity index (χ1) is 5.08. The molecule has 0 fully saturated rings. The maximum Gasteiger partial charge on any atom is 0.235 e. The lowest BCUT2D eigenvalue weighted by Crippen LogP contribution is -3.00. The van der Waals surface area contributed by atoms with E-state index in [1.165, 1.54) is 11.7 Å². The van der Waals surface area contributed by atoms with Gasteiger partial charge in [0.15, 0.2) is 0 Å². The molecule has 1 rings (SSSR count). The van der Waals surface area contributed by atoms with Gasteiger partial charge in [-0.05, 0) is 5.56 Å². The number of hydrogen-bond acceptors (Lipinski definition) is 0. The van der Waals surface area contributed by atoms with Crippen molar-refractivity contribution in [3.8, 4) is 0 Å². The lowest BCUT2D eigenvalue weighted by molar-refractivity contribution is -0.00000262. The van der Waals surface area contributed by atoms with E-state index in [9.17, 15) is 0 Å². The van der Waals surface area contributed by atoms with Crippen LogP contribution in [0.3, 0.4) is 0 Å². The molecule has 0 aliphatic rings. The monoisotopic (exact) mass is 296 g/mol. The van der Waals surface area contributed by atoms with Gasteiger partial charge in [0.05, 0.1) is 6.16 Å². The highest BCUT2D eigenvalue weighted by Gasteiger charge is 2.16. The van der Waals surface area contributed by atoms with Gasteiger partial charge in [-0.2, -0.15) is 0 Å². The SMILES string of the molecule is C[P+](C)(C)Cc1ccccc1.[IH2+]. The predicted molar refractivity (Wildman–Crippen MR) is 57.6 cm³/mol. The Morgan fingerprint density at radius 3 is 1.92 bits per heavy atom. The standard InChI is InChI=1S/C10H16P.H2I/c1-11(2,3)9-10-7-5-4-6-8-10;/h4-8H,9H2,1-3H3;1H2/q2*+1. The molecular formula is C10H18IP+2. The van der Waals surface area contributed by atoms with E-state index >= 15 is 0 Å². The van der Waals surface area contributed by atoms with E-state index in [-0.39, 0.29) is 24.0 Å². The van der Waals surface area contributed by atoms with Crippen molar-refractivity contribution >= 4 is 7.26 Å². The van der Waals surface area contributed by atoms with Crippen molar-refractivity contribution < 1.29 is 24.0 Å². The molecule has 0 aliphatic heterocycles. The molecule has 0 saturated heterocycles. The highest BCUT2D eigenvalue weighted by Crippen LogP contribution is 2.49. The van der Waals surface area contributed by atoms with E-state index in [1.54, 1.807) is 0 Å². The molecule has 0 heterocycles. The van der Waals surface area contributed by atoms with Gasteiger partial charge in [0.2, 0.25) is 24.0 Å². The Bertz CT molecular complexity index is 213. The zero-order valence-corrected chi connectivity index (χ0v) is 11.4. The second-order valence-electron chi connectivity index (χ2n) is 3.93. The van der Waals surface area contributed by atoms with Crippen LogP contribution in [0.2, 0.25) is 0 Å². The fourth-order valence-corrected chi connectivity index (χ4v) is 2.44. The Morgan fingerprint density at radius 2 is 1.50 bits per heavy atom. The minimum atomic E-state index is -0.638. The molecule has 0 nitrogen and oxygen atoms in total. The molecule has 0 radical (unpaired) electrons. The van der Waals surface area contributed by atoms with Crippen molar-refractivity contribution in [3.05, 3.63) is 35.9 Å². The van der Waals surface area contributed by atoms with Crippen LogP contribution in [0.4, 0.5) is 0 Å². The van der Waals surface area contributed by atoms with Crippen LogP contribution in [0.1, 0.15) is 5.56 Å². The summed E-state index contributed by atoms with van der Waals surface area (Å²) in [5, 5.41) is 0. The normalized spacial score (nSPS) is 10.6. The second-order valence-corrected chi connectivity index (χ2v) is 8.83. The maximum absolute atomic E-state index is 2.38. The van der Waals surface area contributed by atoms with E-state index < -0.39 is 7.26 Å². The highest BCUT2D eigenvalue weighted by molar-refractivity contribution is 7.72. The molecule has 68 valence electrons. The van der Waals surface area contributed by atoms with E-state index in [0.717, 1.165) is 0 Å². The molecular weight excluding hydrogens is 278 g/mol. The lowest BCUT2D eigenvalue weighted by Gasteiger charge is -2.10.